The van der Waals surface area contributed by atoms with Crippen LogP contribution in [0.4, 0.5) is 5.82 Å². The Balaban J connectivity index is 2.30. The predicted molar refractivity (Wildman–Crippen MR) is 84.6 cm³/mol. The number of anilines is 1. The van der Waals surface area contributed by atoms with Crippen LogP contribution in [0.3, 0.4) is 0 Å². The number of aromatic nitrogens is 2. The fraction of sp³-hybridized carbons (Fsp3) is 0.750. The highest BCUT2D eigenvalue weighted by molar-refractivity contribution is 5.36. The van der Waals surface area contributed by atoms with Crippen molar-refractivity contribution in [3.05, 3.63) is 22.7 Å². The second-order valence-corrected chi connectivity index (χ2v) is 7.33. The molecule has 5 nitrogen and oxygen atoms in total. The lowest BCUT2D eigenvalue weighted by molar-refractivity contribution is 0.123. The molecule has 0 aliphatic carbocycles. The Morgan fingerprint density at radius 1 is 1.48 bits per heavy atom. The van der Waals surface area contributed by atoms with Gasteiger partial charge >= 0.3 is 0 Å². The van der Waals surface area contributed by atoms with Crippen LogP contribution in [0.5, 0.6) is 0 Å². The van der Waals surface area contributed by atoms with Crippen molar-refractivity contribution in [3.8, 4) is 0 Å². The van der Waals surface area contributed by atoms with Gasteiger partial charge < -0.3 is 14.6 Å². The summed E-state index contributed by atoms with van der Waals surface area (Å²) in [5.74, 6) is 0.931. The second-order valence-electron chi connectivity index (χ2n) is 7.33. The highest BCUT2D eigenvalue weighted by Crippen LogP contribution is 2.29. The molecule has 2 rings (SSSR count). The van der Waals surface area contributed by atoms with Crippen molar-refractivity contribution in [2.75, 3.05) is 18.0 Å². The maximum Gasteiger partial charge on any atom is 0.293 e. The van der Waals surface area contributed by atoms with Crippen molar-refractivity contribution < 1.29 is 5.11 Å². The van der Waals surface area contributed by atoms with Gasteiger partial charge in [0, 0.05) is 32.0 Å². The van der Waals surface area contributed by atoms with Crippen LogP contribution in [0.1, 0.15) is 40.5 Å². The van der Waals surface area contributed by atoms with Crippen molar-refractivity contribution in [2.45, 2.75) is 53.2 Å². The van der Waals surface area contributed by atoms with Crippen LogP contribution in [0.15, 0.2) is 17.2 Å². The molecule has 1 unspecified atom stereocenters. The first-order chi connectivity index (χ1) is 9.78. The largest absolute Gasteiger partial charge is 0.393 e. The molecule has 1 aromatic heterocycles. The summed E-state index contributed by atoms with van der Waals surface area (Å²) in [5.41, 5.74) is -0.0543. The minimum atomic E-state index is -0.299. The maximum atomic E-state index is 12.6. The Morgan fingerprint density at radius 2 is 2.19 bits per heavy atom. The molecule has 1 aliphatic rings. The van der Waals surface area contributed by atoms with Gasteiger partial charge in [0.25, 0.3) is 5.56 Å². The Bertz CT molecular complexity index is 537. The van der Waals surface area contributed by atoms with E-state index >= 15 is 0 Å². The summed E-state index contributed by atoms with van der Waals surface area (Å²) in [4.78, 5) is 19.0. The number of nitrogens with zero attached hydrogens (tertiary/aromatic N) is 3. The lowest BCUT2D eigenvalue weighted by atomic mass is 9.87. The predicted octanol–water partition coefficient (Wildman–Crippen LogP) is 1.89. The van der Waals surface area contributed by atoms with Gasteiger partial charge in [0.05, 0.1) is 6.10 Å². The average molecular weight is 293 g/mol. The number of hydrogen-bond acceptors (Lipinski definition) is 4. The molecule has 1 atom stereocenters. The molecule has 0 radical (unpaired) electrons. The third kappa shape index (κ3) is 4.06. The van der Waals surface area contributed by atoms with Crippen LogP contribution in [0.25, 0.3) is 0 Å². The van der Waals surface area contributed by atoms with Gasteiger partial charge in [-0.1, -0.05) is 27.7 Å². The molecule has 0 bridgehead atoms. The molecule has 0 saturated carbocycles. The van der Waals surface area contributed by atoms with E-state index in [0.717, 1.165) is 13.0 Å². The van der Waals surface area contributed by atoms with Gasteiger partial charge in [0.15, 0.2) is 5.82 Å². The Hall–Kier alpha value is -1.36. The van der Waals surface area contributed by atoms with E-state index in [-0.39, 0.29) is 17.1 Å². The van der Waals surface area contributed by atoms with E-state index in [9.17, 15) is 9.90 Å². The lowest BCUT2D eigenvalue weighted by Crippen LogP contribution is -2.38. The van der Waals surface area contributed by atoms with E-state index in [1.165, 1.54) is 0 Å². The monoisotopic (exact) mass is 293 g/mol. The zero-order valence-corrected chi connectivity index (χ0v) is 13.5. The molecule has 1 aromatic rings. The summed E-state index contributed by atoms with van der Waals surface area (Å²) >= 11 is 0. The van der Waals surface area contributed by atoms with Crippen molar-refractivity contribution in [3.63, 3.8) is 0 Å². The maximum absolute atomic E-state index is 12.6. The third-order valence-electron chi connectivity index (χ3n) is 3.90. The molecule has 1 saturated heterocycles. The standard InChI is InChI=1S/C16H27N3O2/c1-12(2)10-18-8-6-17-14(15(18)21)19-7-5-13(20)9-16(3,4)11-19/h6,8,12-13,20H,5,7,9-11H2,1-4H3. The van der Waals surface area contributed by atoms with Crippen LogP contribution >= 0.6 is 0 Å². The molecular weight excluding hydrogens is 266 g/mol. The summed E-state index contributed by atoms with van der Waals surface area (Å²) in [5, 5.41) is 10.0. The van der Waals surface area contributed by atoms with Crippen LogP contribution in [-0.4, -0.2) is 33.9 Å². The Morgan fingerprint density at radius 3 is 2.86 bits per heavy atom. The molecule has 1 fully saturated rings. The molecule has 0 aromatic carbocycles. The van der Waals surface area contributed by atoms with Crippen LogP contribution in [-0.2, 0) is 6.54 Å². The van der Waals surface area contributed by atoms with Crippen LogP contribution in [0.2, 0.25) is 0 Å². The van der Waals surface area contributed by atoms with Gasteiger partial charge in [-0.15, -0.1) is 0 Å². The first kappa shape index (κ1) is 16.0. The molecule has 5 heteroatoms. The third-order valence-corrected chi connectivity index (χ3v) is 3.90. The molecule has 2 heterocycles. The Kier molecular flexibility index (Phi) is 4.71. The molecular formula is C16H27N3O2. The first-order valence-electron chi connectivity index (χ1n) is 7.77. The second kappa shape index (κ2) is 6.18. The number of aliphatic hydroxyl groups excluding tert-OH is 1. The van der Waals surface area contributed by atoms with Crippen molar-refractivity contribution >= 4 is 5.82 Å². The summed E-state index contributed by atoms with van der Waals surface area (Å²) in [6.45, 7) is 10.6. The lowest BCUT2D eigenvalue weighted by Gasteiger charge is -2.30. The van der Waals surface area contributed by atoms with Gasteiger partial charge in [-0.25, -0.2) is 4.98 Å². The highest BCUT2D eigenvalue weighted by Gasteiger charge is 2.30. The van der Waals surface area contributed by atoms with Crippen LogP contribution in [0, 0.1) is 11.3 Å². The summed E-state index contributed by atoms with van der Waals surface area (Å²) < 4.78 is 1.74. The van der Waals surface area contributed by atoms with E-state index in [0.29, 0.717) is 31.2 Å². The van der Waals surface area contributed by atoms with E-state index < -0.39 is 0 Å². The molecule has 0 spiro atoms. The zero-order chi connectivity index (χ0) is 15.6. The topological polar surface area (TPSA) is 58.4 Å². The average Bonchev–Trinajstić information content (AvgIpc) is 2.49. The minimum Gasteiger partial charge on any atom is -0.393 e. The van der Waals surface area contributed by atoms with Crippen molar-refractivity contribution in [2.24, 2.45) is 11.3 Å². The van der Waals surface area contributed by atoms with E-state index in [2.05, 4.69) is 32.7 Å². The van der Waals surface area contributed by atoms with Gasteiger partial charge in [0.1, 0.15) is 0 Å². The zero-order valence-electron chi connectivity index (χ0n) is 13.5. The smallest absolute Gasteiger partial charge is 0.293 e. The first-order valence-corrected chi connectivity index (χ1v) is 7.77. The minimum absolute atomic E-state index is 0.0250. The summed E-state index contributed by atoms with van der Waals surface area (Å²) in [7, 11) is 0. The van der Waals surface area contributed by atoms with E-state index in [1.807, 2.05) is 4.90 Å². The normalized spacial score (nSPS) is 22.4. The van der Waals surface area contributed by atoms with Crippen molar-refractivity contribution in [1.82, 2.24) is 9.55 Å². The van der Waals surface area contributed by atoms with Gasteiger partial charge in [0.2, 0.25) is 0 Å². The van der Waals surface area contributed by atoms with E-state index in [1.54, 1.807) is 17.0 Å². The van der Waals surface area contributed by atoms with Gasteiger partial charge in [-0.3, -0.25) is 4.79 Å². The quantitative estimate of drug-likeness (QED) is 0.924. The summed E-state index contributed by atoms with van der Waals surface area (Å²) in [6, 6.07) is 0. The number of aliphatic hydroxyl groups is 1. The molecule has 0 amide bonds. The van der Waals surface area contributed by atoms with Gasteiger partial charge in [-0.2, -0.15) is 0 Å². The molecule has 21 heavy (non-hydrogen) atoms. The van der Waals surface area contributed by atoms with Crippen molar-refractivity contribution in [1.29, 1.82) is 0 Å². The Labute approximate surface area is 126 Å². The fourth-order valence-electron chi connectivity index (χ4n) is 3.08. The molecule has 1 aliphatic heterocycles. The van der Waals surface area contributed by atoms with Gasteiger partial charge in [-0.05, 0) is 24.2 Å². The van der Waals surface area contributed by atoms with E-state index in [4.69, 9.17) is 0 Å². The number of rotatable bonds is 3. The number of hydrogen-bond donors (Lipinski definition) is 1. The summed E-state index contributed by atoms with van der Waals surface area (Å²) in [6.07, 6.45) is 4.60. The highest BCUT2D eigenvalue weighted by atomic mass is 16.3. The fourth-order valence-corrected chi connectivity index (χ4v) is 3.08. The molecule has 118 valence electrons. The van der Waals surface area contributed by atoms with Crippen LogP contribution < -0.4 is 10.5 Å². The SMILES string of the molecule is CC(C)Cn1ccnc(N2CCC(O)CC(C)(C)C2)c1=O. The molecule has 1 N–H and O–H groups in total.